The van der Waals surface area contributed by atoms with Crippen molar-refractivity contribution < 1.29 is 4.79 Å². The van der Waals surface area contributed by atoms with E-state index in [9.17, 15) is 4.79 Å². The highest BCUT2D eigenvalue weighted by atomic mass is 16.1. The minimum absolute atomic E-state index is 0.0797. The summed E-state index contributed by atoms with van der Waals surface area (Å²) in [5.41, 5.74) is 6.19. The molecule has 2 rings (SSSR count). The molecule has 0 saturated heterocycles. The van der Waals surface area contributed by atoms with Gasteiger partial charge in [0, 0.05) is 25.2 Å². The van der Waals surface area contributed by atoms with Crippen molar-refractivity contribution in [1.82, 2.24) is 5.32 Å². The SMILES string of the molecule is CCc1cccc(CC)c1NCCC(=O)NCc1cccc(C)c1. The van der Waals surface area contributed by atoms with Crippen LogP contribution in [0.5, 0.6) is 0 Å². The number of carbonyl (C=O) groups excluding carboxylic acids is 1. The molecule has 3 nitrogen and oxygen atoms in total. The largest absolute Gasteiger partial charge is 0.384 e. The zero-order valence-electron chi connectivity index (χ0n) is 15.0. The monoisotopic (exact) mass is 324 g/mol. The molecule has 2 N–H and O–H groups in total. The summed E-state index contributed by atoms with van der Waals surface area (Å²) < 4.78 is 0. The molecule has 0 radical (unpaired) electrons. The van der Waals surface area contributed by atoms with Crippen molar-refractivity contribution in [2.75, 3.05) is 11.9 Å². The third-order valence-electron chi connectivity index (χ3n) is 4.22. The number of carbonyl (C=O) groups is 1. The molecule has 0 aliphatic heterocycles. The van der Waals surface area contributed by atoms with E-state index >= 15 is 0 Å². The van der Waals surface area contributed by atoms with Gasteiger partial charge in [-0.3, -0.25) is 4.79 Å². The van der Waals surface area contributed by atoms with Gasteiger partial charge in [0.05, 0.1) is 0 Å². The summed E-state index contributed by atoms with van der Waals surface area (Å²) in [5.74, 6) is 0.0797. The lowest BCUT2D eigenvalue weighted by molar-refractivity contribution is -0.121. The molecule has 2 aromatic rings. The first-order valence-corrected chi connectivity index (χ1v) is 8.81. The number of nitrogens with one attached hydrogen (secondary N) is 2. The van der Waals surface area contributed by atoms with Crippen molar-refractivity contribution in [3.8, 4) is 0 Å². The fourth-order valence-corrected chi connectivity index (χ4v) is 2.88. The summed E-state index contributed by atoms with van der Waals surface area (Å²) in [7, 11) is 0. The fraction of sp³-hybridized carbons (Fsp3) is 0.381. The van der Waals surface area contributed by atoms with Crippen LogP contribution in [0.4, 0.5) is 5.69 Å². The predicted molar refractivity (Wildman–Crippen MR) is 101 cm³/mol. The van der Waals surface area contributed by atoms with Gasteiger partial charge in [0.2, 0.25) is 5.91 Å². The van der Waals surface area contributed by atoms with Gasteiger partial charge in [-0.05, 0) is 36.5 Å². The van der Waals surface area contributed by atoms with Crippen LogP contribution in [0, 0.1) is 6.92 Å². The van der Waals surface area contributed by atoms with Gasteiger partial charge in [-0.15, -0.1) is 0 Å². The minimum atomic E-state index is 0.0797. The Morgan fingerprint density at radius 3 is 2.29 bits per heavy atom. The highest BCUT2D eigenvalue weighted by Crippen LogP contribution is 2.22. The second-order valence-corrected chi connectivity index (χ2v) is 6.10. The number of amides is 1. The maximum Gasteiger partial charge on any atom is 0.222 e. The topological polar surface area (TPSA) is 41.1 Å². The summed E-state index contributed by atoms with van der Waals surface area (Å²) in [6.45, 7) is 7.63. The minimum Gasteiger partial charge on any atom is -0.384 e. The Hall–Kier alpha value is -2.29. The lowest BCUT2D eigenvalue weighted by Gasteiger charge is -2.15. The molecule has 0 aromatic heterocycles. The van der Waals surface area contributed by atoms with Crippen LogP contribution in [0.2, 0.25) is 0 Å². The van der Waals surface area contributed by atoms with E-state index in [1.807, 2.05) is 12.1 Å². The first-order valence-electron chi connectivity index (χ1n) is 8.81. The second kappa shape index (κ2) is 9.11. The molecule has 0 atom stereocenters. The third kappa shape index (κ3) is 5.12. The third-order valence-corrected chi connectivity index (χ3v) is 4.22. The Morgan fingerprint density at radius 2 is 1.67 bits per heavy atom. The van der Waals surface area contributed by atoms with Gasteiger partial charge >= 0.3 is 0 Å². The molecule has 0 aliphatic rings. The van der Waals surface area contributed by atoms with Gasteiger partial charge < -0.3 is 10.6 Å². The highest BCUT2D eigenvalue weighted by molar-refractivity contribution is 5.76. The molecule has 0 heterocycles. The maximum absolute atomic E-state index is 12.0. The Morgan fingerprint density at radius 1 is 1.00 bits per heavy atom. The summed E-state index contributed by atoms with van der Waals surface area (Å²) in [6, 6.07) is 14.6. The smallest absolute Gasteiger partial charge is 0.222 e. The van der Waals surface area contributed by atoms with Crippen molar-refractivity contribution in [3.05, 3.63) is 64.7 Å². The molecule has 128 valence electrons. The van der Waals surface area contributed by atoms with Gasteiger partial charge in [-0.1, -0.05) is 61.9 Å². The van der Waals surface area contributed by atoms with Crippen LogP contribution < -0.4 is 10.6 Å². The van der Waals surface area contributed by atoms with E-state index in [-0.39, 0.29) is 5.91 Å². The molecular formula is C21H28N2O. The van der Waals surface area contributed by atoms with Crippen LogP contribution in [0.1, 0.15) is 42.5 Å². The Kier molecular flexibility index (Phi) is 6.86. The van der Waals surface area contributed by atoms with Crippen LogP contribution in [-0.4, -0.2) is 12.5 Å². The van der Waals surface area contributed by atoms with Gasteiger partial charge in [0.15, 0.2) is 0 Å². The van der Waals surface area contributed by atoms with Crippen LogP contribution in [0.25, 0.3) is 0 Å². The van der Waals surface area contributed by atoms with Gasteiger partial charge in [-0.25, -0.2) is 0 Å². The summed E-state index contributed by atoms with van der Waals surface area (Å²) in [5, 5.41) is 6.45. The van der Waals surface area contributed by atoms with E-state index in [0.717, 1.165) is 18.4 Å². The summed E-state index contributed by atoms with van der Waals surface area (Å²) >= 11 is 0. The maximum atomic E-state index is 12.0. The van der Waals surface area contributed by atoms with Crippen LogP contribution >= 0.6 is 0 Å². The number of hydrogen-bond acceptors (Lipinski definition) is 2. The molecule has 3 heteroatoms. The Labute approximate surface area is 145 Å². The van der Waals surface area contributed by atoms with Gasteiger partial charge in [-0.2, -0.15) is 0 Å². The summed E-state index contributed by atoms with van der Waals surface area (Å²) in [4.78, 5) is 12.0. The lowest BCUT2D eigenvalue weighted by Crippen LogP contribution is -2.25. The zero-order chi connectivity index (χ0) is 17.4. The molecule has 24 heavy (non-hydrogen) atoms. The highest BCUT2D eigenvalue weighted by Gasteiger charge is 2.07. The standard InChI is InChI=1S/C21H28N2O/c1-4-18-10-7-11-19(5-2)21(18)22-13-12-20(24)23-15-17-9-6-8-16(3)14-17/h6-11,14,22H,4-5,12-13,15H2,1-3H3,(H,23,24). The summed E-state index contributed by atoms with van der Waals surface area (Å²) in [6.07, 6.45) is 2.47. The average molecular weight is 324 g/mol. The molecule has 0 aliphatic carbocycles. The number of anilines is 1. The van der Waals surface area contributed by atoms with Crippen molar-refractivity contribution in [2.45, 2.75) is 46.6 Å². The molecule has 0 unspecified atom stereocenters. The second-order valence-electron chi connectivity index (χ2n) is 6.10. The molecule has 0 fully saturated rings. The number of rotatable bonds is 8. The predicted octanol–water partition coefficient (Wildman–Crippen LogP) is 4.24. The molecule has 2 aromatic carbocycles. The van der Waals surface area contributed by atoms with Crippen molar-refractivity contribution in [2.24, 2.45) is 0 Å². The van der Waals surface area contributed by atoms with Gasteiger partial charge in [0.25, 0.3) is 0 Å². The zero-order valence-corrected chi connectivity index (χ0v) is 15.0. The van der Waals surface area contributed by atoms with E-state index in [0.29, 0.717) is 19.5 Å². The van der Waals surface area contributed by atoms with Crippen molar-refractivity contribution >= 4 is 11.6 Å². The van der Waals surface area contributed by atoms with E-state index in [1.165, 1.54) is 22.4 Å². The molecule has 0 spiro atoms. The van der Waals surface area contributed by atoms with Crippen molar-refractivity contribution in [1.29, 1.82) is 0 Å². The lowest BCUT2D eigenvalue weighted by atomic mass is 10.0. The van der Waals surface area contributed by atoms with E-state index < -0.39 is 0 Å². The van der Waals surface area contributed by atoms with E-state index in [2.05, 4.69) is 61.7 Å². The number of benzene rings is 2. The fourth-order valence-electron chi connectivity index (χ4n) is 2.88. The Bertz CT molecular complexity index is 657. The number of hydrogen-bond donors (Lipinski definition) is 2. The quantitative estimate of drug-likeness (QED) is 0.762. The molecule has 1 amide bonds. The normalized spacial score (nSPS) is 10.5. The van der Waals surface area contributed by atoms with Crippen LogP contribution in [-0.2, 0) is 24.2 Å². The first-order chi connectivity index (χ1) is 11.6. The Balaban J connectivity index is 1.83. The van der Waals surface area contributed by atoms with Gasteiger partial charge in [0.1, 0.15) is 0 Å². The molecular weight excluding hydrogens is 296 g/mol. The van der Waals surface area contributed by atoms with E-state index in [1.54, 1.807) is 0 Å². The van der Waals surface area contributed by atoms with Crippen LogP contribution in [0.3, 0.4) is 0 Å². The number of para-hydroxylation sites is 1. The average Bonchev–Trinajstić information content (AvgIpc) is 2.60. The number of aryl methyl sites for hydroxylation is 3. The van der Waals surface area contributed by atoms with Crippen LogP contribution in [0.15, 0.2) is 42.5 Å². The first kappa shape index (κ1) is 18.1. The van der Waals surface area contributed by atoms with Crippen molar-refractivity contribution in [3.63, 3.8) is 0 Å². The molecule has 0 bridgehead atoms. The molecule has 0 saturated carbocycles. The van der Waals surface area contributed by atoms with E-state index in [4.69, 9.17) is 0 Å².